The molecule has 4 aliphatic carbocycles. The summed E-state index contributed by atoms with van der Waals surface area (Å²) >= 11 is 0. The van der Waals surface area contributed by atoms with Crippen LogP contribution < -0.4 is 0 Å². The fraction of sp³-hybridized carbons (Fsp3) is 1.00. The number of ether oxygens (including phenoxy) is 2. The average Bonchev–Trinajstić information content (AvgIpc) is 3.33. The van der Waals surface area contributed by atoms with Gasteiger partial charge in [-0.05, 0) is 99.2 Å². The first-order valence-corrected chi connectivity index (χ1v) is 10.3. The van der Waals surface area contributed by atoms with Crippen molar-refractivity contribution in [2.45, 2.75) is 76.4 Å². The molecule has 0 spiro atoms. The maximum absolute atomic E-state index is 13.6. The largest absolute Gasteiger partial charge is 0.414 e. The van der Waals surface area contributed by atoms with E-state index in [1.807, 2.05) is 0 Å². The number of halogens is 3. The van der Waals surface area contributed by atoms with Gasteiger partial charge in [-0.2, -0.15) is 13.2 Å². The third kappa shape index (κ3) is 2.84. The predicted octanol–water partition coefficient (Wildman–Crippen LogP) is 5.17. The van der Waals surface area contributed by atoms with E-state index in [4.69, 9.17) is 9.47 Å². The molecule has 0 aromatic rings. The fourth-order valence-corrected chi connectivity index (χ4v) is 7.52. The zero-order chi connectivity index (χ0) is 17.2. The van der Waals surface area contributed by atoms with E-state index in [2.05, 4.69) is 0 Å². The molecule has 9 atom stereocenters. The maximum atomic E-state index is 13.6. The standard InChI is InChI=1S/C20H29F3O2/c21-20(22,23)16(25-17-3-1-2-6-24-17)10-13-8-14-9-15(13)19-12-5-4-11(7-12)18(14)19/h11-19H,1-10H2. The molecule has 142 valence electrons. The van der Waals surface area contributed by atoms with E-state index in [1.165, 1.54) is 25.7 Å². The summed E-state index contributed by atoms with van der Waals surface area (Å²) in [6.07, 6.45) is 2.28. The first-order chi connectivity index (χ1) is 12.0. The van der Waals surface area contributed by atoms with Gasteiger partial charge in [-0.3, -0.25) is 0 Å². The van der Waals surface area contributed by atoms with Crippen LogP contribution in [0.5, 0.6) is 0 Å². The van der Waals surface area contributed by atoms with Gasteiger partial charge < -0.3 is 9.47 Å². The van der Waals surface area contributed by atoms with Crippen molar-refractivity contribution < 1.29 is 22.6 Å². The highest BCUT2D eigenvalue weighted by Crippen LogP contribution is 2.69. The van der Waals surface area contributed by atoms with Crippen LogP contribution in [0.15, 0.2) is 0 Å². The number of rotatable bonds is 4. The van der Waals surface area contributed by atoms with Crippen molar-refractivity contribution in [1.82, 2.24) is 0 Å². The van der Waals surface area contributed by atoms with Crippen LogP contribution in [0.1, 0.15) is 57.8 Å². The van der Waals surface area contributed by atoms with Gasteiger partial charge in [0.1, 0.15) is 0 Å². The molecular weight excluding hydrogens is 329 g/mol. The molecule has 1 saturated heterocycles. The van der Waals surface area contributed by atoms with Gasteiger partial charge in [0.15, 0.2) is 12.4 Å². The Hall–Kier alpha value is -0.290. The molecule has 0 aromatic heterocycles. The summed E-state index contributed by atoms with van der Waals surface area (Å²) in [4.78, 5) is 0. The second kappa shape index (κ2) is 6.12. The fourth-order valence-electron chi connectivity index (χ4n) is 7.52. The molecule has 5 aliphatic rings. The molecule has 9 unspecified atom stereocenters. The van der Waals surface area contributed by atoms with Crippen LogP contribution in [-0.4, -0.2) is 25.2 Å². The third-order valence-corrected chi connectivity index (χ3v) is 8.21. The Balaban J connectivity index is 1.27. The van der Waals surface area contributed by atoms with E-state index in [9.17, 15) is 13.2 Å². The highest BCUT2D eigenvalue weighted by Gasteiger charge is 2.62. The van der Waals surface area contributed by atoms with Gasteiger partial charge in [0, 0.05) is 6.61 Å². The number of hydrogen-bond acceptors (Lipinski definition) is 2. The molecule has 5 fully saturated rings. The van der Waals surface area contributed by atoms with E-state index in [0.717, 1.165) is 42.9 Å². The van der Waals surface area contributed by atoms with Gasteiger partial charge >= 0.3 is 6.18 Å². The Morgan fingerprint density at radius 2 is 1.72 bits per heavy atom. The van der Waals surface area contributed by atoms with Crippen molar-refractivity contribution in [1.29, 1.82) is 0 Å². The van der Waals surface area contributed by atoms with Crippen LogP contribution in [0.3, 0.4) is 0 Å². The van der Waals surface area contributed by atoms with Crippen LogP contribution in [0.25, 0.3) is 0 Å². The van der Waals surface area contributed by atoms with Crippen molar-refractivity contribution in [3.63, 3.8) is 0 Å². The summed E-state index contributed by atoms with van der Waals surface area (Å²) in [6, 6.07) is 0. The smallest absolute Gasteiger partial charge is 0.353 e. The van der Waals surface area contributed by atoms with Gasteiger partial charge in [-0.25, -0.2) is 0 Å². The molecule has 5 heteroatoms. The molecule has 25 heavy (non-hydrogen) atoms. The molecule has 0 aromatic carbocycles. The van der Waals surface area contributed by atoms with Crippen LogP contribution in [0.2, 0.25) is 0 Å². The van der Waals surface area contributed by atoms with Crippen molar-refractivity contribution >= 4 is 0 Å². The van der Waals surface area contributed by atoms with E-state index < -0.39 is 18.6 Å². The third-order valence-electron chi connectivity index (χ3n) is 8.21. The van der Waals surface area contributed by atoms with Gasteiger partial charge in [0.2, 0.25) is 0 Å². The van der Waals surface area contributed by atoms with E-state index >= 15 is 0 Å². The Kier molecular flexibility index (Phi) is 4.12. The molecule has 1 aliphatic heterocycles. The maximum Gasteiger partial charge on any atom is 0.414 e. The molecule has 0 amide bonds. The molecule has 5 rings (SSSR count). The molecule has 0 radical (unpaired) electrons. The van der Waals surface area contributed by atoms with Crippen molar-refractivity contribution in [3.05, 3.63) is 0 Å². The lowest BCUT2D eigenvalue weighted by Crippen LogP contribution is -2.41. The normalized spacial score (nSPS) is 49.6. The van der Waals surface area contributed by atoms with Crippen LogP contribution in [0.4, 0.5) is 13.2 Å². The lowest BCUT2D eigenvalue weighted by atomic mass is 9.66. The summed E-state index contributed by atoms with van der Waals surface area (Å²) in [5, 5.41) is 0. The topological polar surface area (TPSA) is 18.5 Å². The number of alkyl halides is 3. The lowest BCUT2D eigenvalue weighted by molar-refractivity contribution is -0.283. The highest BCUT2D eigenvalue weighted by atomic mass is 19.4. The number of fused-ring (bicyclic) bond motifs is 9. The summed E-state index contributed by atoms with van der Waals surface area (Å²) < 4.78 is 51.7. The van der Waals surface area contributed by atoms with E-state index in [1.54, 1.807) is 0 Å². The molecule has 2 nitrogen and oxygen atoms in total. The van der Waals surface area contributed by atoms with Crippen molar-refractivity contribution in [2.24, 2.45) is 41.4 Å². The summed E-state index contributed by atoms with van der Waals surface area (Å²) in [7, 11) is 0. The molecule has 0 N–H and O–H groups in total. The Morgan fingerprint density at radius 3 is 2.44 bits per heavy atom. The summed E-state index contributed by atoms with van der Waals surface area (Å²) in [5.74, 6) is 4.76. The zero-order valence-electron chi connectivity index (χ0n) is 14.7. The minimum atomic E-state index is -4.28. The highest BCUT2D eigenvalue weighted by molar-refractivity contribution is 5.11. The SMILES string of the molecule is FC(F)(F)C(CC1CC2CC1C1C3CCC(C3)C21)OC1CCCCO1. The predicted molar refractivity (Wildman–Crippen MR) is 86.7 cm³/mol. The Labute approximate surface area is 147 Å². The van der Waals surface area contributed by atoms with Crippen LogP contribution in [0, 0.1) is 41.4 Å². The van der Waals surface area contributed by atoms with Gasteiger partial charge in [-0.15, -0.1) is 0 Å². The minimum absolute atomic E-state index is 0.158. The molecule has 1 heterocycles. The van der Waals surface area contributed by atoms with Crippen LogP contribution in [-0.2, 0) is 9.47 Å². The van der Waals surface area contributed by atoms with E-state index in [0.29, 0.717) is 24.9 Å². The Morgan fingerprint density at radius 1 is 0.920 bits per heavy atom. The van der Waals surface area contributed by atoms with Gasteiger partial charge in [-0.1, -0.05) is 0 Å². The number of hydrogen-bond donors (Lipinski definition) is 0. The minimum Gasteiger partial charge on any atom is -0.353 e. The first-order valence-electron chi connectivity index (χ1n) is 10.3. The van der Waals surface area contributed by atoms with Crippen molar-refractivity contribution in [3.8, 4) is 0 Å². The summed E-state index contributed by atoms with van der Waals surface area (Å²) in [6.45, 7) is 0.524. The van der Waals surface area contributed by atoms with Crippen molar-refractivity contribution in [2.75, 3.05) is 6.61 Å². The Bertz CT molecular complexity index is 502. The van der Waals surface area contributed by atoms with Gasteiger partial charge in [0.05, 0.1) is 0 Å². The molecular formula is C20H29F3O2. The summed E-state index contributed by atoms with van der Waals surface area (Å²) in [5.41, 5.74) is 0. The zero-order valence-corrected chi connectivity index (χ0v) is 14.7. The first kappa shape index (κ1) is 16.9. The second-order valence-corrected chi connectivity index (χ2v) is 9.34. The van der Waals surface area contributed by atoms with E-state index in [-0.39, 0.29) is 12.3 Å². The molecule has 4 saturated carbocycles. The monoisotopic (exact) mass is 358 g/mol. The van der Waals surface area contributed by atoms with Gasteiger partial charge in [0.25, 0.3) is 0 Å². The lowest BCUT2D eigenvalue weighted by Gasteiger charge is -2.40. The average molecular weight is 358 g/mol. The molecule has 4 bridgehead atoms. The van der Waals surface area contributed by atoms with Crippen LogP contribution >= 0.6 is 0 Å². The quantitative estimate of drug-likeness (QED) is 0.646. The second-order valence-electron chi connectivity index (χ2n) is 9.34.